The lowest BCUT2D eigenvalue weighted by Crippen LogP contribution is -2.02. The molecule has 2 heterocycles. The molecule has 2 aromatic rings. The lowest BCUT2D eigenvalue weighted by molar-refractivity contribution is 0.305. The van der Waals surface area contributed by atoms with Crippen molar-refractivity contribution in [2.24, 2.45) is 0 Å². The van der Waals surface area contributed by atoms with E-state index in [4.69, 9.17) is 4.74 Å². The van der Waals surface area contributed by atoms with Crippen LogP contribution in [0.3, 0.4) is 0 Å². The van der Waals surface area contributed by atoms with Gasteiger partial charge in [-0.1, -0.05) is 30.4 Å². The molecule has 0 bridgehead atoms. The van der Waals surface area contributed by atoms with Crippen LogP contribution in [-0.2, 0) is 6.61 Å². The molecule has 0 saturated carbocycles. The summed E-state index contributed by atoms with van der Waals surface area (Å²) in [5, 5.41) is 4.33. The molecule has 0 amide bonds. The van der Waals surface area contributed by atoms with Crippen molar-refractivity contribution in [1.29, 1.82) is 0 Å². The third kappa shape index (κ3) is 1.89. The van der Waals surface area contributed by atoms with Gasteiger partial charge in [-0.25, -0.2) is 4.98 Å². The van der Waals surface area contributed by atoms with Crippen LogP contribution in [0, 0.1) is 0 Å². The van der Waals surface area contributed by atoms with Crippen molar-refractivity contribution >= 4 is 16.5 Å². The van der Waals surface area contributed by atoms with Gasteiger partial charge in [0.2, 0.25) is 0 Å². The predicted octanol–water partition coefficient (Wildman–Crippen LogP) is 3.52. The quantitative estimate of drug-likeness (QED) is 0.899. The second-order valence-electron chi connectivity index (χ2n) is 4.00. The summed E-state index contributed by atoms with van der Waals surface area (Å²) in [5.41, 5.74) is 2.19. The molecule has 88 valence electrons. The number of nitrogens with zero attached hydrogens (tertiary/aromatic N) is 1. The van der Waals surface area contributed by atoms with Gasteiger partial charge in [-0.05, 0) is 18.6 Å². The molecule has 1 aliphatic heterocycles. The van der Waals surface area contributed by atoms with Gasteiger partial charge in [0.25, 0.3) is 0 Å². The van der Waals surface area contributed by atoms with Crippen molar-refractivity contribution < 1.29 is 4.74 Å². The number of anilines is 1. The van der Waals surface area contributed by atoms with Crippen LogP contribution in [0.4, 0.5) is 5.13 Å². The molecule has 0 atom stereocenters. The van der Waals surface area contributed by atoms with Crippen molar-refractivity contribution in [1.82, 2.24) is 4.98 Å². The SMILES string of the molecule is CCCNc1nc2c(s1)COc1ccccc1-2. The molecule has 1 N–H and O–H groups in total. The fraction of sp³-hybridized carbons (Fsp3) is 0.308. The lowest BCUT2D eigenvalue weighted by Gasteiger charge is -2.15. The Balaban J connectivity index is 1.98. The first kappa shape index (κ1) is 10.6. The Bertz CT molecular complexity index is 536. The molecule has 0 spiro atoms. The Morgan fingerprint density at radius 3 is 3.18 bits per heavy atom. The number of aromatic nitrogens is 1. The number of para-hydroxylation sites is 1. The van der Waals surface area contributed by atoms with Gasteiger partial charge in [-0.3, -0.25) is 0 Å². The number of nitrogens with one attached hydrogen (secondary N) is 1. The summed E-state index contributed by atoms with van der Waals surface area (Å²) < 4.78 is 5.71. The average molecular weight is 246 g/mol. The highest BCUT2D eigenvalue weighted by Gasteiger charge is 2.21. The van der Waals surface area contributed by atoms with Crippen LogP contribution in [-0.4, -0.2) is 11.5 Å². The number of benzene rings is 1. The van der Waals surface area contributed by atoms with Gasteiger partial charge in [-0.15, -0.1) is 0 Å². The number of fused-ring (bicyclic) bond motifs is 3. The summed E-state index contributed by atoms with van der Waals surface area (Å²) in [5.74, 6) is 0.937. The zero-order valence-corrected chi connectivity index (χ0v) is 10.5. The molecular formula is C13H14N2OS. The highest BCUT2D eigenvalue weighted by molar-refractivity contribution is 7.16. The summed E-state index contributed by atoms with van der Waals surface area (Å²) in [6.07, 6.45) is 1.11. The first-order valence-electron chi connectivity index (χ1n) is 5.84. The summed E-state index contributed by atoms with van der Waals surface area (Å²) in [6.45, 7) is 3.76. The molecule has 4 heteroatoms. The normalized spacial score (nSPS) is 12.5. The molecule has 0 radical (unpaired) electrons. The molecule has 1 aromatic heterocycles. The van der Waals surface area contributed by atoms with E-state index in [0.29, 0.717) is 6.61 Å². The van der Waals surface area contributed by atoms with E-state index in [2.05, 4.69) is 23.3 Å². The zero-order chi connectivity index (χ0) is 11.7. The Morgan fingerprint density at radius 1 is 1.41 bits per heavy atom. The maximum atomic E-state index is 5.71. The van der Waals surface area contributed by atoms with Gasteiger partial charge < -0.3 is 10.1 Å². The summed E-state index contributed by atoms with van der Waals surface area (Å²) in [7, 11) is 0. The van der Waals surface area contributed by atoms with Crippen LogP contribution in [0.1, 0.15) is 18.2 Å². The Kier molecular flexibility index (Phi) is 2.73. The van der Waals surface area contributed by atoms with Crippen molar-refractivity contribution in [3.05, 3.63) is 29.1 Å². The maximum Gasteiger partial charge on any atom is 0.183 e. The van der Waals surface area contributed by atoms with Gasteiger partial charge in [0.05, 0.1) is 10.6 Å². The smallest absolute Gasteiger partial charge is 0.183 e. The van der Waals surface area contributed by atoms with E-state index in [1.165, 1.54) is 4.88 Å². The third-order valence-corrected chi connectivity index (χ3v) is 3.71. The van der Waals surface area contributed by atoms with Crippen LogP contribution in [0.15, 0.2) is 24.3 Å². The van der Waals surface area contributed by atoms with Gasteiger partial charge in [0.1, 0.15) is 12.4 Å². The number of thiazole rings is 1. The van der Waals surface area contributed by atoms with Crippen LogP contribution in [0.2, 0.25) is 0 Å². The van der Waals surface area contributed by atoms with E-state index in [1.54, 1.807) is 11.3 Å². The molecule has 1 aromatic carbocycles. The summed E-state index contributed by atoms with van der Waals surface area (Å²) in [4.78, 5) is 5.87. The molecule has 17 heavy (non-hydrogen) atoms. The fourth-order valence-corrected chi connectivity index (χ4v) is 2.81. The Hall–Kier alpha value is -1.55. The molecule has 1 aliphatic rings. The predicted molar refractivity (Wildman–Crippen MR) is 70.7 cm³/mol. The Morgan fingerprint density at radius 2 is 2.29 bits per heavy atom. The van der Waals surface area contributed by atoms with Crippen molar-refractivity contribution in [3.8, 4) is 17.0 Å². The van der Waals surface area contributed by atoms with Crippen LogP contribution < -0.4 is 10.1 Å². The second kappa shape index (κ2) is 4.37. The van der Waals surface area contributed by atoms with E-state index >= 15 is 0 Å². The van der Waals surface area contributed by atoms with E-state index < -0.39 is 0 Å². The highest BCUT2D eigenvalue weighted by atomic mass is 32.1. The number of hydrogen-bond acceptors (Lipinski definition) is 4. The molecule has 0 aliphatic carbocycles. The number of rotatable bonds is 3. The topological polar surface area (TPSA) is 34.2 Å². The van der Waals surface area contributed by atoms with Crippen LogP contribution >= 0.6 is 11.3 Å². The molecule has 3 rings (SSSR count). The van der Waals surface area contributed by atoms with Crippen molar-refractivity contribution in [2.75, 3.05) is 11.9 Å². The average Bonchev–Trinajstić information content (AvgIpc) is 2.79. The van der Waals surface area contributed by atoms with Gasteiger partial charge >= 0.3 is 0 Å². The van der Waals surface area contributed by atoms with Crippen LogP contribution in [0.5, 0.6) is 5.75 Å². The van der Waals surface area contributed by atoms with E-state index in [1.807, 2.05) is 18.2 Å². The standard InChI is InChI=1S/C13H14N2OS/c1-2-7-14-13-15-12-9-5-3-4-6-10(9)16-8-11(12)17-13/h3-6H,2,7-8H2,1H3,(H,14,15). The molecule has 3 nitrogen and oxygen atoms in total. The van der Waals surface area contributed by atoms with E-state index in [0.717, 1.165) is 35.1 Å². The highest BCUT2D eigenvalue weighted by Crippen LogP contribution is 2.40. The van der Waals surface area contributed by atoms with Crippen LogP contribution in [0.25, 0.3) is 11.3 Å². The molecular weight excluding hydrogens is 232 g/mol. The van der Waals surface area contributed by atoms with Gasteiger partial charge in [0.15, 0.2) is 5.13 Å². The molecule has 0 fully saturated rings. The Labute approximate surface area is 104 Å². The number of hydrogen-bond donors (Lipinski definition) is 1. The minimum absolute atomic E-state index is 0.637. The first-order valence-corrected chi connectivity index (χ1v) is 6.66. The minimum atomic E-state index is 0.637. The van der Waals surface area contributed by atoms with Crippen molar-refractivity contribution in [3.63, 3.8) is 0 Å². The van der Waals surface area contributed by atoms with E-state index in [9.17, 15) is 0 Å². The van der Waals surface area contributed by atoms with Gasteiger partial charge in [0, 0.05) is 12.1 Å². The fourth-order valence-electron chi connectivity index (χ4n) is 1.90. The lowest BCUT2D eigenvalue weighted by atomic mass is 10.1. The zero-order valence-electron chi connectivity index (χ0n) is 9.69. The van der Waals surface area contributed by atoms with Gasteiger partial charge in [-0.2, -0.15) is 0 Å². The first-order chi connectivity index (χ1) is 8.38. The second-order valence-corrected chi connectivity index (χ2v) is 5.09. The third-order valence-electron chi connectivity index (χ3n) is 2.72. The molecule has 0 unspecified atom stereocenters. The molecule has 0 saturated heterocycles. The largest absolute Gasteiger partial charge is 0.487 e. The monoisotopic (exact) mass is 246 g/mol. The minimum Gasteiger partial charge on any atom is -0.487 e. The summed E-state index contributed by atoms with van der Waals surface area (Å²) in [6, 6.07) is 8.08. The van der Waals surface area contributed by atoms with E-state index in [-0.39, 0.29) is 0 Å². The summed E-state index contributed by atoms with van der Waals surface area (Å²) >= 11 is 1.69. The number of ether oxygens (including phenoxy) is 1. The maximum absolute atomic E-state index is 5.71. The van der Waals surface area contributed by atoms with Crippen molar-refractivity contribution in [2.45, 2.75) is 20.0 Å².